The molecule has 0 saturated heterocycles. The molecule has 0 aliphatic heterocycles. The van der Waals surface area contributed by atoms with Gasteiger partial charge in [-0.2, -0.15) is 0 Å². The third-order valence-electron chi connectivity index (χ3n) is 7.00. The molecule has 0 N–H and O–H groups in total. The second-order valence-electron chi connectivity index (χ2n) is 9.41. The molecular formula is C23H36. The highest BCUT2D eigenvalue weighted by Crippen LogP contribution is 2.50. The Hall–Kier alpha value is -0.780. The van der Waals surface area contributed by atoms with Crippen molar-refractivity contribution in [1.82, 2.24) is 0 Å². The smallest absolute Gasteiger partial charge is 0.0273 e. The van der Waals surface area contributed by atoms with E-state index >= 15 is 0 Å². The Morgan fingerprint density at radius 2 is 1.30 bits per heavy atom. The topological polar surface area (TPSA) is 0 Å². The fourth-order valence-corrected chi connectivity index (χ4v) is 4.19. The molecular weight excluding hydrogens is 276 g/mol. The predicted octanol–water partition coefficient (Wildman–Crippen LogP) is 6.86. The Morgan fingerprint density at radius 3 is 1.83 bits per heavy atom. The van der Waals surface area contributed by atoms with Gasteiger partial charge in [0, 0.05) is 0 Å². The number of aryl methyl sites for hydroxylation is 2. The van der Waals surface area contributed by atoms with Gasteiger partial charge in [-0.05, 0) is 124 Å². The van der Waals surface area contributed by atoms with E-state index in [-0.39, 0.29) is 0 Å². The molecule has 0 heterocycles. The van der Waals surface area contributed by atoms with Gasteiger partial charge in [0.2, 0.25) is 0 Å². The first-order chi connectivity index (χ1) is 10.8. The Labute approximate surface area is 144 Å². The van der Waals surface area contributed by atoms with E-state index in [9.17, 15) is 0 Å². The van der Waals surface area contributed by atoms with Crippen molar-refractivity contribution in [2.45, 2.75) is 98.8 Å². The van der Waals surface area contributed by atoms with E-state index in [1.54, 1.807) is 27.8 Å². The van der Waals surface area contributed by atoms with Crippen molar-refractivity contribution in [3.8, 4) is 0 Å². The van der Waals surface area contributed by atoms with Gasteiger partial charge in [0.1, 0.15) is 0 Å². The van der Waals surface area contributed by atoms with E-state index in [2.05, 4.69) is 40.7 Å². The van der Waals surface area contributed by atoms with Crippen molar-refractivity contribution in [2.75, 3.05) is 0 Å². The Morgan fingerprint density at radius 1 is 0.783 bits per heavy atom. The van der Waals surface area contributed by atoms with Crippen molar-refractivity contribution in [1.29, 1.82) is 0 Å². The third kappa shape index (κ3) is 4.20. The molecule has 23 heavy (non-hydrogen) atoms. The van der Waals surface area contributed by atoms with Gasteiger partial charge in [0.15, 0.2) is 0 Å². The number of benzene rings is 1. The van der Waals surface area contributed by atoms with E-state index in [1.807, 2.05) is 0 Å². The molecule has 0 aromatic heterocycles. The molecule has 0 amide bonds. The summed E-state index contributed by atoms with van der Waals surface area (Å²) in [4.78, 5) is 0. The van der Waals surface area contributed by atoms with Gasteiger partial charge in [0.05, 0.1) is 0 Å². The van der Waals surface area contributed by atoms with E-state index in [1.165, 1.54) is 64.2 Å². The zero-order chi connectivity index (χ0) is 16.7. The van der Waals surface area contributed by atoms with Crippen LogP contribution in [0.1, 0.15) is 93.0 Å². The maximum atomic E-state index is 2.51. The van der Waals surface area contributed by atoms with Crippen LogP contribution in [0.2, 0.25) is 0 Å². The Kier molecular flexibility index (Phi) is 4.64. The molecule has 0 spiro atoms. The predicted molar refractivity (Wildman–Crippen MR) is 101 cm³/mol. The van der Waals surface area contributed by atoms with Crippen LogP contribution in [-0.2, 0) is 12.8 Å². The maximum absolute atomic E-state index is 2.51. The van der Waals surface area contributed by atoms with Crippen LogP contribution in [0.15, 0.2) is 6.07 Å². The van der Waals surface area contributed by atoms with Gasteiger partial charge in [-0.1, -0.05) is 19.9 Å². The highest BCUT2D eigenvalue weighted by atomic mass is 14.4. The summed E-state index contributed by atoms with van der Waals surface area (Å²) in [6.45, 7) is 12.0. The fraction of sp³-hybridized carbons (Fsp3) is 0.739. The van der Waals surface area contributed by atoms with Gasteiger partial charge in [-0.3, -0.25) is 0 Å². The highest BCUT2D eigenvalue weighted by Gasteiger charge is 2.36. The monoisotopic (exact) mass is 312 g/mol. The first kappa shape index (κ1) is 17.1. The summed E-state index contributed by atoms with van der Waals surface area (Å²) in [5, 5.41) is 0. The molecule has 0 nitrogen and oxygen atoms in total. The molecule has 0 radical (unpaired) electrons. The number of hydrogen-bond donors (Lipinski definition) is 0. The average Bonchev–Trinajstić information content (AvgIpc) is 3.40. The van der Waals surface area contributed by atoms with Crippen LogP contribution >= 0.6 is 0 Å². The first-order valence-electron chi connectivity index (χ1n) is 9.91. The molecule has 0 heteroatoms. The number of rotatable bonds is 8. The normalized spacial score (nSPS) is 20.6. The minimum atomic E-state index is 0.704. The van der Waals surface area contributed by atoms with Gasteiger partial charge < -0.3 is 0 Å². The van der Waals surface area contributed by atoms with Gasteiger partial charge in [0.25, 0.3) is 0 Å². The molecule has 0 unspecified atom stereocenters. The molecule has 2 saturated carbocycles. The highest BCUT2D eigenvalue weighted by molar-refractivity contribution is 5.44. The van der Waals surface area contributed by atoms with Crippen molar-refractivity contribution in [3.63, 3.8) is 0 Å². The van der Waals surface area contributed by atoms with Crippen LogP contribution in [0.4, 0.5) is 0 Å². The van der Waals surface area contributed by atoms with Gasteiger partial charge in [-0.15, -0.1) is 0 Å². The second kappa shape index (κ2) is 6.26. The third-order valence-corrected chi connectivity index (χ3v) is 7.00. The quantitative estimate of drug-likeness (QED) is 0.492. The molecule has 0 atom stereocenters. The molecule has 1 aromatic carbocycles. The number of hydrogen-bond acceptors (Lipinski definition) is 0. The summed E-state index contributed by atoms with van der Waals surface area (Å²) >= 11 is 0. The molecule has 3 rings (SSSR count). The summed E-state index contributed by atoms with van der Waals surface area (Å²) in [5.41, 5.74) is 9.36. The first-order valence-corrected chi connectivity index (χ1v) is 9.91. The van der Waals surface area contributed by atoms with Gasteiger partial charge >= 0.3 is 0 Å². The van der Waals surface area contributed by atoms with Crippen molar-refractivity contribution < 1.29 is 0 Å². The van der Waals surface area contributed by atoms with Crippen LogP contribution in [0.25, 0.3) is 0 Å². The lowest BCUT2D eigenvalue weighted by Crippen LogP contribution is -2.04. The Bertz CT molecular complexity index is 570. The molecule has 0 bridgehead atoms. The van der Waals surface area contributed by atoms with Crippen LogP contribution in [0.3, 0.4) is 0 Å². The standard InChI is InChI=1S/C23H36/c1-17-16-20(8-6-10-22(4)12-13-22)18(2)19(3)21(17)9-7-11-23(5)14-15-23/h16H,6-15H2,1-5H3. The maximum Gasteiger partial charge on any atom is -0.0273 e. The average molecular weight is 313 g/mol. The zero-order valence-electron chi connectivity index (χ0n) is 16.1. The van der Waals surface area contributed by atoms with Crippen LogP contribution in [-0.4, -0.2) is 0 Å². The summed E-state index contributed by atoms with van der Waals surface area (Å²) in [6.07, 6.45) is 14.0. The lowest BCUT2D eigenvalue weighted by Gasteiger charge is -2.18. The van der Waals surface area contributed by atoms with Crippen molar-refractivity contribution in [2.24, 2.45) is 10.8 Å². The van der Waals surface area contributed by atoms with Crippen LogP contribution in [0, 0.1) is 31.6 Å². The SMILES string of the molecule is Cc1cc(CCCC2(C)CC2)c(C)c(C)c1CCCC1(C)CC1. The summed E-state index contributed by atoms with van der Waals surface area (Å²) in [5.74, 6) is 0. The molecule has 128 valence electrons. The largest absolute Gasteiger partial charge is 0.0596 e. The minimum Gasteiger partial charge on any atom is -0.0596 e. The Balaban J connectivity index is 1.60. The van der Waals surface area contributed by atoms with E-state index < -0.39 is 0 Å². The summed E-state index contributed by atoms with van der Waals surface area (Å²) in [7, 11) is 0. The molecule has 2 aliphatic carbocycles. The summed E-state index contributed by atoms with van der Waals surface area (Å²) in [6, 6.07) is 2.51. The van der Waals surface area contributed by atoms with Crippen molar-refractivity contribution in [3.05, 3.63) is 33.9 Å². The van der Waals surface area contributed by atoms with Crippen LogP contribution in [0.5, 0.6) is 0 Å². The van der Waals surface area contributed by atoms with Crippen LogP contribution < -0.4 is 0 Å². The van der Waals surface area contributed by atoms with Crippen molar-refractivity contribution >= 4 is 0 Å². The zero-order valence-corrected chi connectivity index (χ0v) is 16.1. The minimum absolute atomic E-state index is 0.704. The van der Waals surface area contributed by atoms with E-state index in [4.69, 9.17) is 0 Å². The molecule has 1 aromatic rings. The molecule has 2 aliphatic rings. The fourth-order valence-electron chi connectivity index (χ4n) is 4.19. The lowest BCUT2D eigenvalue weighted by molar-refractivity contribution is 0.492. The summed E-state index contributed by atoms with van der Waals surface area (Å²) < 4.78 is 0. The lowest BCUT2D eigenvalue weighted by atomic mass is 9.87. The second-order valence-corrected chi connectivity index (χ2v) is 9.41. The van der Waals surface area contributed by atoms with E-state index in [0.29, 0.717) is 10.8 Å². The van der Waals surface area contributed by atoms with Gasteiger partial charge in [-0.25, -0.2) is 0 Å². The van der Waals surface area contributed by atoms with E-state index in [0.717, 1.165) is 0 Å². The molecule has 2 fully saturated rings.